The monoisotopic (exact) mass is 290 g/mol. The molecule has 3 N–H and O–H groups in total. The number of anilines is 3. The number of carbonyl (C=O) groups excluding carboxylic acids is 1. The zero-order valence-electron chi connectivity index (χ0n) is 13.4. The maximum Gasteiger partial charge on any atom is 0.229 e. The molecule has 0 atom stereocenters. The van der Waals surface area contributed by atoms with Gasteiger partial charge in [0, 0.05) is 37.3 Å². The molecule has 0 spiro atoms. The van der Waals surface area contributed by atoms with Crippen LogP contribution in [0, 0.1) is 5.41 Å². The number of hydrogen-bond acceptors (Lipinski definition) is 4. The number of hydrogen-bond donors (Lipinski definition) is 2. The van der Waals surface area contributed by atoms with Crippen LogP contribution in [-0.2, 0) is 4.79 Å². The van der Waals surface area contributed by atoms with Gasteiger partial charge in [-0.2, -0.15) is 0 Å². The predicted octanol–water partition coefficient (Wildman–Crippen LogP) is 2.01. The molecule has 1 fully saturated rings. The molecule has 0 radical (unpaired) electrons. The minimum Gasteiger partial charge on any atom is -0.399 e. The van der Waals surface area contributed by atoms with E-state index in [-0.39, 0.29) is 5.91 Å². The van der Waals surface area contributed by atoms with Crippen molar-refractivity contribution in [3.63, 3.8) is 0 Å². The third kappa shape index (κ3) is 3.88. The molecule has 0 bridgehead atoms. The summed E-state index contributed by atoms with van der Waals surface area (Å²) in [6.45, 7) is 9.68. The SMILES string of the molecule is CN1CCN(c2ccc(N)cc2NC(=O)C(C)(C)C)CC1. The molecule has 0 saturated carbocycles. The highest BCUT2D eigenvalue weighted by Gasteiger charge is 2.24. The smallest absolute Gasteiger partial charge is 0.229 e. The van der Waals surface area contributed by atoms with Gasteiger partial charge in [0.1, 0.15) is 0 Å². The normalized spacial score (nSPS) is 16.9. The molecule has 1 aliphatic heterocycles. The second kappa shape index (κ2) is 5.93. The first kappa shape index (κ1) is 15.6. The molecule has 1 aliphatic rings. The number of piperazine rings is 1. The number of nitrogens with one attached hydrogen (secondary N) is 1. The molecule has 0 aromatic heterocycles. The second-order valence-electron chi connectivity index (χ2n) is 6.77. The van der Waals surface area contributed by atoms with Crippen LogP contribution in [0.4, 0.5) is 17.1 Å². The van der Waals surface area contributed by atoms with E-state index in [4.69, 9.17) is 5.73 Å². The lowest BCUT2D eigenvalue weighted by Gasteiger charge is -2.35. The Hall–Kier alpha value is -1.75. The van der Waals surface area contributed by atoms with Gasteiger partial charge in [-0.1, -0.05) is 20.8 Å². The van der Waals surface area contributed by atoms with Crippen LogP contribution in [-0.4, -0.2) is 44.0 Å². The average molecular weight is 290 g/mol. The van der Waals surface area contributed by atoms with Crippen molar-refractivity contribution in [2.45, 2.75) is 20.8 Å². The van der Waals surface area contributed by atoms with Crippen molar-refractivity contribution in [2.75, 3.05) is 49.2 Å². The van der Waals surface area contributed by atoms with Crippen molar-refractivity contribution < 1.29 is 4.79 Å². The van der Waals surface area contributed by atoms with E-state index in [1.165, 1.54) is 0 Å². The van der Waals surface area contributed by atoms with Crippen molar-refractivity contribution in [3.05, 3.63) is 18.2 Å². The number of carbonyl (C=O) groups is 1. The van der Waals surface area contributed by atoms with E-state index >= 15 is 0 Å². The van der Waals surface area contributed by atoms with Gasteiger partial charge < -0.3 is 20.9 Å². The van der Waals surface area contributed by atoms with Crippen LogP contribution in [0.25, 0.3) is 0 Å². The summed E-state index contributed by atoms with van der Waals surface area (Å²) in [4.78, 5) is 16.9. The summed E-state index contributed by atoms with van der Waals surface area (Å²) in [7, 11) is 2.13. The number of benzene rings is 1. The van der Waals surface area contributed by atoms with Crippen LogP contribution in [0.1, 0.15) is 20.8 Å². The summed E-state index contributed by atoms with van der Waals surface area (Å²) in [6, 6.07) is 5.73. The fraction of sp³-hybridized carbons (Fsp3) is 0.562. The average Bonchev–Trinajstić information content (AvgIpc) is 2.39. The van der Waals surface area contributed by atoms with Gasteiger partial charge in [0.05, 0.1) is 11.4 Å². The minimum atomic E-state index is -0.427. The molecule has 2 rings (SSSR count). The molecule has 1 aromatic carbocycles. The van der Waals surface area contributed by atoms with Crippen LogP contribution in [0.15, 0.2) is 18.2 Å². The third-order valence-electron chi connectivity index (χ3n) is 3.79. The van der Waals surface area contributed by atoms with Gasteiger partial charge in [0.15, 0.2) is 0 Å². The summed E-state index contributed by atoms with van der Waals surface area (Å²) in [5, 5.41) is 3.03. The summed E-state index contributed by atoms with van der Waals surface area (Å²) in [5.74, 6) is 0.00322. The quantitative estimate of drug-likeness (QED) is 0.818. The van der Waals surface area contributed by atoms with Crippen molar-refractivity contribution >= 4 is 23.0 Å². The highest BCUT2D eigenvalue weighted by atomic mass is 16.2. The highest BCUT2D eigenvalue weighted by Crippen LogP contribution is 2.30. The Balaban J connectivity index is 2.23. The van der Waals surface area contributed by atoms with E-state index in [0.717, 1.165) is 37.6 Å². The maximum absolute atomic E-state index is 12.3. The van der Waals surface area contributed by atoms with E-state index in [1.807, 2.05) is 39.0 Å². The molecule has 21 heavy (non-hydrogen) atoms. The molecule has 5 heteroatoms. The van der Waals surface area contributed by atoms with Gasteiger partial charge in [0.25, 0.3) is 0 Å². The Morgan fingerprint density at radius 2 is 1.81 bits per heavy atom. The number of nitrogens with two attached hydrogens (primary N) is 1. The summed E-state index contributed by atoms with van der Waals surface area (Å²) < 4.78 is 0. The van der Waals surface area contributed by atoms with Crippen molar-refractivity contribution in [3.8, 4) is 0 Å². The largest absolute Gasteiger partial charge is 0.399 e. The molecular formula is C16H26N4O. The van der Waals surface area contributed by atoms with Gasteiger partial charge in [0.2, 0.25) is 5.91 Å². The van der Waals surface area contributed by atoms with Gasteiger partial charge in [-0.3, -0.25) is 4.79 Å². The molecule has 5 nitrogen and oxygen atoms in total. The van der Waals surface area contributed by atoms with E-state index < -0.39 is 5.41 Å². The lowest BCUT2D eigenvalue weighted by atomic mass is 9.95. The number of likely N-dealkylation sites (N-methyl/N-ethyl adjacent to an activating group) is 1. The van der Waals surface area contributed by atoms with E-state index in [9.17, 15) is 4.79 Å². The topological polar surface area (TPSA) is 61.6 Å². The molecular weight excluding hydrogens is 264 g/mol. The van der Waals surface area contributed by atoms with Crippen molar-refractivity contribution in [2.24, 2.45) is 5.41 Å². The molecule has 1 saturated heterocycles. The van der Waals surface area contributed by atoms with Gasteiger partial charge in [-0.15, -0.1) is 0 Å². The Bertz CT molecular complexity index is 513. The number of amides is 1. The highest BCUT2D eigenvalue weighted by molar-refractivity contribution is 5.98. The second-order valence-corrected chi connectivity index (χ2v) is 6.77. The van der Waals surface area contributed by atoms with Crippen LogP contribution in [0.2, 0.25) is 0 Å². The third-order valence-corrected chi connectivity index (χ3v) is 3.79. The zero-order chi connectivity index (χ0) is 15.6. The number of nitrogen functional groups attached to an aromatic ring is 1. The first-order chi connectivity index (χ1) is 9.77. The van der Waals surface area contributed by atoms with Crippen LogP contribution >= 0.6 is 0 Å². The molecule has 1 amide bonds. The first-order valence-electron chi connectivity index (χ1n) is 7.42. The Labute approximate surface area is 127 Å². The van der Waals surface area contributed by atoms with E-state index in [2.05, 4.69) is 22.2 Å². The minimum absolute atomic E-state index is 0.00322. The first-order valence-corrected chi connectivity index (χ1v) is 7.42. The van der Waals surface area contributed by atoms with Gasteiger partial charge in [-0.25, -0.2) is 0 Å². The summed E-state index contributed by atoms with van der Waals surface area (Å²) >= 11 is 0. The Morgan fingerprint density at radius 3 is 2.38 bits per heavy atom. The predicted molar refractivity (Wildman–Crippen MR) is 88.6 cm³/mol. The van der Waals surface area contributed by atoms with Gasteiger partial charge >= 0.3 is 0 Å². The van der Waals surface area contributed by atoms with E-state index in [1.54, 1.807) is 0 Å². The number of rotatable bonds is 2. The zero-order valence-corrected chi connectivity index (χ0v) is 13.4. The molecule has 0 aliphatic carbocycles. The van der Waals surface area contributed by atoms with Crippen LogP contribution < -0.4 is 16.0 Å². The molecule has 0 unspecified atom stereocenters. The van der Waals surface area contributed by atoms with Crippen LogP contribution in [0.5, 0.6) is 0 Å². The van der Waals surface area contributed by atoms with Crippen molar-refractivity contribution in [1.29, 1.82) is 0 Å². The lowest BCUT2D eigenvalue weighted by Crippen LogP contribution is -2.44. The fourth-order valence-electron chi connectivity index (χ4n) is 2.29. The van der Waals surface area contributed by atoms with Crippen molar-refractivity contribution in [1.82, 2.24) is 4.90 Å². The Kier molecular flexibility index (Phi) is 4.42. The van der Waals surface area contributed by atoms with Crippen LogP contribution in [0.3, 0.4) is 0 Å². The molecule has 1 aromatic rings. The summed E-state index contributed by atoms with van der Waals surface area (Å²) in [6.07, 6.45) is 0. The lowest BCUT2D eigenvalue weighted by molar-refractivity contribution is -0.123. The molecule has 1 heterocycles. The standard InChI is InChI=1S/C16H26N4O/c1-16(2,3)15(21)18-13-11-12(17)5-6-14(13)20-9-7-19(4)8-10-20/h5-6,11H,7-10,17H2,1-4H3,(H,18,21). The maximum atomic E-state index is 12.3. The molecule has 116 valence electrons. The number of nitrogens with zero attached hydrogens (tertiary/aromatic N) is 2. The van der Waals surface area contributed by atoms with E-state index in [0.29, 0.717) is 5.69 Å². The fourth-order valence-corrected chi connectivity index (χ4v) is 2.29. The summed E-state index contributed by atoms with van der Waals surface area (Å²) in [5.41, 5.74) is 7.98. The Morgan fingerprint density at radius 1 is 1.19 bits per heavy atom. The van der Waals surface area contributed by atoms with Gasteiger partial charge in [-0.05, 0) is 25.2 Å².